The number of hydrogen-bond acceptors (Lipinski definition) is 3. The molecule has 0 heterocycles. The van der Waals surface area contributed by atoms with Gasteiger partial charge in [-0.25, -0.2) is 13.2 Å². The number of nitriles is 1. The van der Waals surface area contributed by atoms with E-state index in [1.54, 1.807) is 24.3 Å². The number of hydrogen-bond donors (Lipinski definition) is 0. The number of ketones is 2. The maximum atomic E-state index is 14.8. The molecule has 0 saturated carbocycles. The summed E-state index contributed by atoms with van der Waals surface area (Å²) in [6, 6.07) is 35.3. The zero-order valence-electron chi connectivity index (χ0n) is 28.4. The first kappa shape index (κ1) is 34.8. The quantitative estimate of drug-likeness (QED) is 0.160. The Labute approximate surface area is 292 Å². The lowest BCUT2D eigenvalue weighted by molar-refractivity contribution is 0.0967. The lowest BCUT2D eigenvalue weighted by Crippen LogP contribution is -2.40. The van der Waals surface area contributed by atoms with E-state index in [0.29, 0.717) is 35.1 Å². The van der Waals surface area contributed by atoms with Gasteiger partial charge in [-0.3, -0.25) is 9.59 Å². The van der Waals surface area contributed by atoms with Crippen molar-refractivity contribution in [3.63, 3.8) is 0 Å². The molecule has 3 nitrogen and oxygen atoms in total. The number of fused-ring (bicyclic) bond motifs is 2. The second kappa shape index (κ2) is 14.4. The van der Waals surface area contributed by atoms with Crippen molar-refractivity contribution in [1.29, 1.82) is 5.26 Å². The van der Waals surface area contributed by atoms with E-state index in [4.69, 9.17) is 5.26 Å². The molecule has 7 heteroatoms. The Kier molecular flexibility index (Phi) is 10.0. The standard InChI is InChI=1S/C22H23F2NOSi.C21H15FO/c1-4-27(5-2,6-3)19-12-16-17(22(19)26)11-18(23)21(24)20(16)15-9-7-8-14(10-15)13-25;22-19-13-16(14-7-3-1-4-8-14)11-17-12-18(21(23)20(17)19)15-9-5-2-6-10-15/h7-11,19H,4-6,12H2,1-3H3;1-11,13,18H,12H2. The molecule has 0 radical (unpaired) electrons. The molecule has 0 spiro atoms. The number of benzene rings is 5. The van der Waals surface area contributed by atoms with Gasteiger partial charge in [0.05, 0.1) is 31.2 Å². The van der Waals surface area contributed by atoms with Gasteiger partial charge in [0.2, 0.25) is 0 Å². The zero-order chi connectivity index (χ0) is 35.6. The molecule has 0 bridgehead atoms. The van der Waals surface area contributed by atoms with Gasteiger partial charge in [0.1, 0.15) is 5.82 Å². The number of rotatable bonds is 7. The highest BCUT2D eigenvalue weighted by molar-refractivity contribution is 6.84. The van der Waals surface area contributed by atoms with Crippen LogP contribution in [0.1, 0.15) is 69.7 Å². The fourth-order valence-electron chi connectivity index (χ4n) is 7.95. The summed E-state index contributed by atoms with van der Waals surface area (Å²) in [6.45, 7) is 6.40. The molecule has 0 aromatic heterocycles. The zero-order valence-corrected chi connectivity index (χ0v) is 29.4. The molecular formula is C43H38F3NO2Si. The van der Waals surface area contributed by atoms with E-state index in [-0.39, 0.29) is 34.2 Å². The average molecular weight is 686 g/mol. The van der Waals surface area contributed by atoms with Gasteiger partial charge in [-0.15, -0.1) is 0 Å². The number of Topliss-reactive ketones (excluding diaryl/α,β-unsaturated/α-hetero) is 2. The van der Waals surface area contributed by atoms with Gasteiger partial charge in [0.25, 0.3) is 0 Å². The molecule has 0 fully saturated rings. The molecule has 252 valence electrons. The number of halogens is 3. The highest BCUT2D eigenvalue weighted by atomic mass is 28.3. The first-order valence-corrected chi connectivity index (χ1v) is 19.9. The van der Waals surface area contributed by atoms with Crippen molar-refractivity contribution in [2.24, 2.45) is 0 Å². The number of carbonyl (C=O) groups is 2. The highest BCUT2D eigenvalue weighted by Gasteiger charge is 2.46. The third-order valence-electron chi connectivity index (χ3n) is 10.9. The van der Waals surface area contributed by atoms with Gasteiger partial charge in [0, 0.05) is 16.7 Å². The minimum absolute atomic E-state index is 0.0289. The van der Waals surface area contributed by atoms with E-state index in [0.717, 1.165) is 46.5 Å². The fourth-order valence-corrected chi connectivity index (χ4v) is 12.3. The second-order valence-electron chi connectivity index (χ2n) is 13.2. The van der Waals surface area contributed by atoms with Crippen molar-refractivity contribution in [1.82, 2.24) is 0 Å². The smallest absolute Gasteiger partial charge is 0.173 e. The molecule has 5 aromatic carbocycles. The van der Waals surface area contributed by atoms with Crippen LogP contribution in [0.25, 0.3) is 22.3 Å². The summed E-state index contributed by atoms with van der Waals surface area (Å²) in [4.78, 5) is 25.8. The Morgan fingerprint density at radius 2 is 1.32 bits per heavy atom. The maximum Gasteiger partial charge on any atom is 0.173 e. The number of nitrogens with zero attached hydrogens (tertiary/aromatic N) is 1. The summed E-state index contributed by atoms with van der Waals surface area (Å²) in [6.07, 6.45) is 1.04. The maximum absolute atomic E-state index is 14.8. The van der Waals surface area contributed by atoms with Crippen molar-refractivity contribution in [3.8, 4) is 28.3 Å². The molecule has 2 unspecified atom stereocenters. The van der Waals surface area contributed by atoms with E-state index >= 15 is 0 Å². The Balaban J connectivity index is 0.000000175. The predicted octanol–water partition coefficient (Wildman–Crippen LogP) is 11.1. The Hall–Kier alpha value is -5.06. The van der Waals surface area contributed by atoms with Crippen molar-refractivity contribution in [3.05, 3.63) is 154 Å². The summed E-state index contributed by atoms with van der Waals surface area (Å²) in [5.74, 6) is -2.76. The molecule has 0 amide bonds. The number of carbonyl (C=O) groups excluding carboxylic acids is 2. The van der Waals surface area contributed by atoms with E-state index in [1.807, 2.05) is 72.8 Å². The van der Waals surface area contributed by atoms with Crippen LogP contribution < -0.4 is 0 Å². The summed E-state index contributed by atoms with van der Waals surface area (Å²) < 4.78 is 43.7. The van der Waals surface area contributed by atoms with E-state index in [1.165, 1.54) is 6.07 Å². The van der Waals surface area contributed by atoms with Crippen LogP contribution in [-0.2, 0) is 12.8 Å². The normalized spacial score (nSPS) is 16.3. The minimum Gasteiger partial charge on any atom is -0.294 e. The van der Waals surface area contributed by atoms with Crippen molar-refractivity contribution in [2.45, 2.75) is 63.2 Å². The van der Waals surface area contributed by atoms with E-state index in [9.17, 15) is 22.8 Å². The summed E-state index contributed by atoms with van der Waals surface area (Å²) >= 11 is 0. The summed E-state index contributed by atoms with van der Waals surface area (Å²) in [7, 11) is -1.87. The Bertz CT molecular complexity index is 2110. The first-order valence-electron chi connectivity index (χ1n) is 17.2. The van der Waals surface area contributed by atoms with Crippen LogP contribution in [0.15, 0.2) is 103 Å². The second-order valence-corrected chi connectivity index (χ2v) is 18.7. The minimum atomic E-state index is -1.87. The highest BCUT2D eigenvalue weighted by Crippen LogP contribution is 2.47. The van der Waals surface area contributed by atoms with Crippen LogP contribution in [0.4, 0.5) is 13.2 Å². The van der Waals surface area contributed by atoms with E-state index in [2.05, 4.69) is 20.8 Å². The molecule has 7 rings (SSSR count). The van der Waals surface area contributed by atoms with Gasteiger partial charge >= 0.3 is 0 Å². The molecule has 0 aliphatic heterocycles. The molecule has 0 saturated heterocycles. The monoisotopic (exact) mass is 685 g/mol. The van der Waals surface area contributed by atoms with Crippen molar-refractivity contribution < 1.29 is 22.8 Å². The molecular weight excluding hydrogens is 648 g/mol. The third kappa shape index (κ3) is 6.25. The van der Waals surface area contributed by atoms with Crippen LogP contribution in [0.5, 0.6) is 0 Å². The Morgan fingerprint density at radius 1 is 0.680 bits per heavy atom. The largest absolute Gasteiger partial charge is 0.294 e. The molecule has 2 atom stereocenters. The lowest BCUT2D eigenvalue weighted by Gasteiger charge is -2.33. The molecule has 2 aliphatic rings. The van der Waals surface area contributed by atoms with Crippen molar-refractivity contribution >= 4 is 19.6 Å². The third-order valence-corrected chi connectivity index (χ3v) is 17.1. The summed E-state index contributed by atoms with van der Waals surface area (Å²) in [5, 5.41) is 9.15. The van der Waals surface area contributed by atoms with Gasteiger partial charge < -0.3 is 0 Å². The van der Waals surface area contributed by atoms with Crippen LogP contribution >= 0.6 is 0 Å². The van der Waals surface area contributed by atoms with Gasteiger partial charge in [-0.05, 0) is 70.5 Å². The first-order chi connectivity index (χ1) is 24.2. The molecule has 0 N–H and O–H groups in total. The SMILES string of the molecule is CC[Si](CC)(CC)C1Cc2c(cc(F)c(F)c2-c2cccc(C#N)c2)C1=O.O=C1c2c(F)cc(-c3ccccc3)cc2CC1c1ccccc1. The molecule has 50 heavy (non-hydrogen) atoms. The Morgan fingerprint density at radius 3 is 1.96 bits per heavy atom. The lowest BCUT2D eigenvalue weighted by atomic mass is 9.95. The molecule has 2 aliphatic carbocycles. The fraction of sp³-hybridized carbons (Fsp3) is 0.233. The van der Waals surface area contributed by atoms with Crippen LogP contribution in [-0.4, -0.2) is 19.6 Å². The van der Waals surface area contributed by atoms with Crippen LogP contribution in [0.2, 0.25) is 23.7 Å². The average Bonchev–Trinajstić information content (AvgIpc) is 3.67. The van der Waals surface area contributed by atoms with Crippen LogP contribution in [0, 0.1) is 28.8 Å². The summed E-state index contributed by atoms with van der Waals surface area (Å²) in [5.41, 5.74) is 5.58. The molecule has 5 aromatic rings. The van der Waals surface area contributed by atoms with Gasteiger partial charge in [0.15, 0.2) is 23.2 Å². The topological polar surface area (TPSA) is 57.9 Å². The van der Waals surface area contributed by atoms with E-state index < -0.39 is 25.5 Å². The van der Waals surface area contributed by atoms with Crippen molar-refractivity contribution in [2.75, 3.05) is 0 Å². The van der Waals surface area contributed by atoms with Gasteiger partial charge in [-0.1, -0.05) is 118 Å². The van der Waals surface area contributed by atoms with Crippen LogP contribution in [0.3, 0.4) is 0 Å². The van der Waals surface area contributed by atoms with Gasteiger partial charge in [-0.2, -0.15) is 5.26 Å². The predicted molar refractivity (Wildman–Crippen MR) is 195 cm³/mol.